The van der Waals surface area contributed by atoms with Crippen molar-refractivity contribution in [3.8, 4) is 0 Å². The maximum atomic E-state index is 11.5. The molecule has 1 aromatic heterocycles. The van der Waals surface area contributed by atoms with Gasteiger partial charge in [-0.25, -0.2) is 4.98 Å². The van der Waals surface area contributed by atoms with Gasteiger partial charge in [-0.2, -0.15) is 0 Å². The molecule has 1 amide bonds. The summed E-state index contributed by atoms with van der Waals surface area (Å²) >= 11 is 0. The standard InChI is InChI=1S/C11H17N3O/c1-3-4-9(2)11(15)13-6-5-10-7-12-8-14-10/h4,7-8H,3,5-6H2,1-2H3,(H,12,14)(H,13,15). The van der Waals surface area contributed by atoms with E-state index in [0.717, 1.165) is 24.1 Å². The monoisotopic (exact) mass is 207 g/mol. The van der Waals surface area contributed by atoms with Crippen molar-refractivity contribution in [2.24, 2.45) is 0 Å². The van der Waals surface area contributed by atoms with E-state index in [-0.39, 0.29) is 5.91 Å². The first-order chi connectivity index (χ1) is 7.24. The van der Waals surface area contributed by atoms with Crippen LogP contribution in [0.25, 0.3) is 0 Å². The molecule has 0 saturated carbocycles. The van der Waals surface area contributed by atoms with E-state index in [4.69, 9.17) is 0 Å². The molecule has 0 spiro atoms. The van der Waals surface area contributed by atoms with E-state index >= 15 is 0 Å². The topological polar surface area (TPSA) is 57.8 Å². The van der Waals surface area contributed by atoms with E-state index in [0.29, 0.717) is 6.54 Å². The molecule has 0 bridgehead atoms. The molecule has 0 radical (unpaired) electrons. The number of H-pyrrole nitrogens is 1. The van der Waals surface area contributed by atoms with E-state index in [1.807, 2.05) is 19.9 Å². The fraction of sp³-hybridized carbons (Fsp3) is 0.455. The van der Waals surface area contributed by atoms with Crippen LogP contribution in [0, 0.1) is 0 Å². The summed E-state index contributed by atoms with van der Waals surface area (Å²) in [7, 11) is 0. The van der Waals surface area contributed by atoms with E-state index in [9.17, 15) is 4.79 Å². The summed E-state index contributed by atoms with van der Waals surface area (Å²) in [4.78, 5) is 18.3. The second kappa shape index (κ2) is 6.01. The number of nitrogens with one attached hydrogen (secondary N) is 2. The van der Waals surface area contributed by atoms with Gasteiger partial charge in [0.05, 0.1) is 6.33 Å². The Morgan fingerprint density at radius 2 is 2.47 bits per heavy atom. The number of aromatic nitrogens is 2. The molecule has 15 heavy (non-hydrogen) atoms. The zero-order valence-corrected chi connectivity index (χ0v) is 9.21. The Bertz CT molecular complexity index is 328. The lowest BCUT2D eigenvalue weighted by atomic mass is 10.2. The van der Waals surface area contributed by atoms with Crippen LogP contribution in [0.4, 0.5) is 0 Å². The third-order valence-electron chi connectivity index (χ3n) is 2.10. The number of hydrogen-bond acceptors (Lipinski definition) is 2. The van der Waals surface area contributed by atoms with Crippen LogP contribution in [0.1, 0.15) is 26.0 Å². The van der Waals surface area contributed by atoms with Crippen LogP contribution in [0.5, 0.6) is 0 Å². The molecule has 4 nitrogen and oxygen atoms in total. The summed E-state index contributed by atoms with van der Waals surface area (Å²) in [5.74, 6) is 0.0105. The van der Waals surface area contributed by atoms with Crippen LogP contribution in [-0.2, 0) is 11.2 Å². The lowest BCUT2D eigenvalue weighted by Gasteiger charge is -2.03. The second-order valence-electron chi connectivity index (χ2n) is 3.38. The van der Waals surface area contributed by atoms with Crippen molar-refractivity contribution in [1.82, 2.24) is 15.3 Å². The molecule has 0 aromatic carbocycles. The molecule has 1 rings (SSSR count). The molecule has 0 fully saturated rings. The van der Waals surface area contributed by atoms with Crippen molar-refractivity contribution in [3.05, 3.63) is 29.9 Å². The van der Waals surface area contributed by atoms with Crippen LogP contribution in [0.3, 0.4) is 0 Å². The molecule has 0 aliphatic rings. The molecular formula is C11H17N3O. The lowest BCUT2D eigenvalue weighted by Crippen LogP contribution is -2.26. The average Bonchev–Trinajstić information content (AvgIpc) is 2.71. The first-order valence-electron chi connectivity index (χ1n) is 5.16. The van der Waals surface area contributed by atoms with Gasteiger partial charge in [0, 0.05) is 30.4 Å². The predicted octanol–water partition coefficient (Wildman–Crippen LogP) is 1.42. The van der Waals surface area contributed by atoms with Gasteiger partial charge in [0.1, 0.15) is 0 Å². The highest BCUT2D eigenvalue weighted by Gasteiger charge is 2.02. The summed E-state index contributed by atoms with van der Waals surface area (Å²) in [6.45, 7) is 4.48. The van der Waals surface area contributed by atoms with Crippen LogP contribution < -0.4 is 5.32 Å². The molecule has 0 unspecified atom stereocenters. The maximum Gasteiger partial charge on any atom is 0.246 e. The van der Waals surface area contributed by atoms with Crippen molar-refractivity contribution in [3.63, 3.8) is 0 Å². The average molecular weight is 207 g/mol. The maximum absolute atomic E-state index is 11.5. The van der Waals surface area contributed by atoms with Crippen molar-refractivity contribution in [2.75, 3.05) is 6.54 Å². The number of aromatic amines is 1. The fourth-order valence-corrected chi connectivity index (χ4v) is 1.27. The summed E-state index contributed by atoms with van der Waals surface area (Å²) in [5, 5.41) is 2.85. The predicted molar refractivity (Wildman–Crippen MR) is 59.3 cm³/mol. The second-order valence-corrected chi connectivity index (χ2v) is 3.38. The summed E-state index contributed by atoms with van der Waals surface area (Å²) < 4.78 is 0. The Morgan fingerprint density at radius 3 is 3.07 bits per heavy atom. The normalized spacial score (nSPS) is 11.5. The minimum absolute atomic E-state index is 0.0105. The zero-order valence-electron chi connectivity index (χ0n) is 9.21. The zero-order chi connectivity index (χ0) is 11.1. The molecule has 0 atom stereocenters. The number of carbonyl (C=O) groups excluding carboxylic acids is 1. The quantitative estimate of drug-likeness (QED) is 0.717. The Labute approximate surface area is 89.8 Å². The number of carbonyl (C=O) groups is 1. The van der Waals surface area contributed by atoms with Crippen LogP contribution in [0.2, 0.25) is 0 Å². The molecule has 4 heteroatoms. The molecule has 1 heterocycles. The summed E-state index contributed by atoms with van der Waals surface area (Å²) in [6, 6.07) is 0. The SMILES string of the molecule is CCC=C(C)C(=O)NCCc1cnc[nH]1. The van der Waals surface area contributed by atoms with Crippen molar-refractivity contribution < 1.29 is 4.79 Å². The molecule has 82 valence electrons. The number of imidazole rings is 1. The molecular weight excluding hydrogens is 190 g/mol. The van der Waals surface area contributed by atoms with Crippen LogP contribution in [-0.4, -0.2) is 22.4 Å². The first kappa shape index (κ1) is 11.5. The highest BCUT2D eigenvalue weighted by Crippen LogP contribution is 1.95. The number of nitrogens with zero attached hydrogens (tertiary/aromatic N) is 1. The lowest BCUT2D eigenvalue weighted by molar-refractivity contribution is -0.117. The molecule has 0 aliphatic carbocycles. The first-order valence-corrected chi connectivity index (χ1v) is 5.16. The highest BCUT2D eigenvalue weighted by atomic mass is 16.1. The van der Waals surface area contributed by atoms with Crippen molar-refractivity contribution in [2.45, 2.75) is 26.7 Å². The van der Waals surface area contributed by atoms with Gasteiger partial charge >= 0.3 is 0 Å². The van der Waals surface area contributed by atoms with Crippen LogP contribution in [0.15, 0.2) is 24.2 Å². The number of hydrogen-bond donors (Lipinski definition) is 2. The molecule has 2 N–H and O–H groups in total. The van der Waals surface area contributed by atoms with E-state index in [1.165, 1.54) is 0 Å². The highest BCUT2D eigenvalue weighted by molar-refractivity contribution is 5.92. The van der Waals surface area contributed by atoms with Gasteiger partial charge in [-0.05, 0) is 13.3 Å². The van der Waals surface area contributed by atoms with Gasteiger partial charge in [-0.1, -0.05) is 13.0 Å². The number of rotatable bonds is 5. The van der Waals surface area contributed by atoms with Crippen molar-refractivity contribution >= 4 is 5.91 Å². The van der Waals surface area contributed by atoms with Crippen molar-refractivity contribution in [1.29, 1.82) is 0 Å². The van der Waals surface area contributed by atoms with Gasteiger partial charge in [-0.3, -0.25) is 4.79 Å². The van der Waals surface area contributed by atoms with Crippen LogP contribution >= 0.6 is 0 Å². The van der Waals surface area contributed by atoms with Gasteiger partial charge in [0.25, 0.3) is 0 Å². The van der Waals surface area contributed by atoms with E-state index in [2.05, 4.69) is 15.3 Å². The fourth-order valence-electron chi connectivity index (χ4n) is 1.27. The van der Waals surface area contributed by atoms with Gasteiger partial charge in [-0.15, -0.1) is 0 Å². The number of allylic oxidation sites excluding steroid dienone is 1. The minimum Gasteiger partial charge on any atom is -0.352 e. The Hall–Kier alpha value is -1.58. The Balaban J connectivity index is 2.26. The van der Waals surface area contributed by atoms with Gasteiger partial charge < -0.3 is 10.3 Å². The molecule has 0 saturated heterocycles. The molecule has 1 aromatic rings. The Kier molecular flexibility index (Phi) is 4.60. The molecule has 0 aliphatic heterocycles. The van der Waals surface area contributed by atoms with Gasteiger partial charge in [0.2, 0.25) is 5.91 Å². The number of amides is 1. The van der Waals surface area contributed by atoms with E-state index < -0.39 is 0 Å². The smallest absolute Gasteiger partial charge is 0.246 e. The summed E-state index contributed by atoms with van der Waals surface area (Å²) in [5.41, 5.74) is 1.81. The largest absolute Gasteiger partial charge is 0.352 e. The minimum atomic E-state index is 0.0105. The third-order valence-corrected chi connectivity index (χ3v) is 2.10. The third kappa shape index (κ3) is 3.97. The summed E-state index contributed by atoms with van der Waals surface area (Å²) in [6.07, 6.45) is 7.00. The van der Waals surface area contributed by atoms with Gasteiger partial charge in [0.15, 0.2) is 0 Å². The van der Waals surface area contributed by atoms with E-state index in [1.54, 1.807) is 12.5 Å². The Morgan fingerprint density at radius 1 is 1.67 bits per heavy atom.